The van der Waals surface area contributed by atoms with Crippen molar-refractivity contribution in [2.45, 2.75) is 6.42 Å². The summed E-state index contributed by atoms with van der Waals surface area (Å²) in [4.78, 5) is 12.3. The first-order valence-corrected chi connectivity index (χ1v) is 7.22. The number of ketones is 1. The largest absolute Gasteiger partial charge is 0.497 e. The third-order valence-electron chi connectivity index (χ3n) is 3.30. The summed E-state index contributed by atoms with van der Waals surface area (Å²) in [7, 11) is 1.60. The molecule has 5 heteroatoms. The second-order valence-corrected chi connectivity index (χ2v) is 5.48. The zero-order chi connectivity index (χ0) is 14.8. The van der Waals surface area contributed by atoms with Gasteiger partial charge in [-0.25, -0.2) is 0 Å². The van der Waals surface area contributed by atoms with Gasteiger partial charge in [-0.3, -0.25) is 4.79 Å². The van der Waals surface area contributed by atoms with E-state index >= 15 is 0 Å². The van der Waals surface area contributed by atoms with E-state index in [9.17, 15) is 4.79 Å². The van der Waals surface area contributed by atoms with E-state index in [2.05, 4.69) is 15.9 Å². The van der Waals surface area contributed by atoms with Gasteiger partial charge in [0.2, 0.25) is 6.79 Å². The normalized spacial score (nSPS) is 12.3. The maximum absolute atomic E-state index is 12.3. The lowest BCUT2D eigenvalue weighted by molar-refractivity contribution is 0.0993. The number of carbonyl (C=O) groups is 1. The molecule has 0 fully saturated rings. The van der Waals surface area contributed by atoms with Crippen molar-refractivity contribution in [3.8, 4) is 17.2 Å². The van der Waals surface area contributed by atoms with Gasteiger partial charge in [-0.1, -0.05) is 15.9 Å². The summed E-state index contributed by atoms with van der Waals surface area (Å²) in [6.45, 7) is 0.220. The van der Waals surface area contributed by atoms with E-state index < -0.39 is 0 Å². The van der Waals surface area contributed by atoms with Gasteiger partial charge in [-0.2, -0.15) is 0 Å². The second-order valence-electron chi connectivity index (χ2n) is 4.63. The molecule has 4 nitrogen and oxygen atoms in total. The highest BCUT2D eigenvalue weighted by Crippen LogP contribution is 2.37. The van der Waals surface area contributed by atoms with Gasteiger partial charge in [-0.15, -0.1) is 0 Å². The van der Waals surface area contributed by atoms with E-state index in [1.54, 1.807) is 31.4 Å². The van der Waals surface area contributed by atoms with Crippen molar-refractivity contribution in [3.05, 3.63) is 52.0 Å². The first-order valence-electron chi connectivity index (χ1n) is 6.42. The number of benzene rings is 2. The molecule has 0 amide bonds. The average Bonchev–Trinajstić information content (AvgIpc) is 2.94. The molecule has 0 N–H and O–H groups in total. The number of halogens is 1. The Labute approximate surface area is 130 Å². The second kappa shape index (κ2) is 5.77. The third kappa shape index (κ3) is 2.88. The topological polar surface area (TPSA) is 44.8 Å². The lowest BCUT2D eigenvalue weighted by atomic mass is 10.0. The monoisotopic (exact) mass is 348 g/mol. The lowest BCUT2D eigenvalue weighted by Crippen LogP contribution is -2.04. The standard InChI is InChI=1S/C16H13BrO4/c1-19-12-4-2-10(3-5-12)14(18)6-11-7-15-16(8-13(11)17)21-9-20-15/h2-5,7-8H,6,9H2,1H3. The summed E-state index contributed by atoms with van der Waals surface area (Å²) in [6, 6.07) is 10.8. The smallest absolute Gasteiger partial charge is 0.231 e. The number of fused-ring (bicyclic) bond motifs is 1. The first kappa shape index (κ1) is 13.9. The third-order valence-corrected chi connectivity index (χ3v) is 4.04. The maximum Gasteiger partial charge on any atom is 0.231 e. The Balaban J connectivity index is 1.81. The van der Waals surface area contributed by atoms with Crippen molar-refractivity contribution in [1.29, 1.82) is 0 Å². The van der Waals surface area contributed by atoms with Crippen LogP contribution in [0, 0.1) is 0 Å². The summed E-state index contributed by atoms with van der Waals surface area (Å²) in [5.74, 6) is 2.14. The molecule has 2 aromatic rings. The Hall–Kier alpha value is -2.01. The predicted octanol–water partition coefficient (Wildman–Crippen LogP) is 3.61. The Morgan fingerprint density at radius 3 is 2.52 bits per heavy atom. The molecule has 0 saturated carbocycles. The van der Waals surface area contributed by atoms with Crippen LogP contribution in [-0.2, 0) is 6.42 Å². The van der Waals surface area contributed by atoms with Crippen LogP contribution in [-0.4, -0.2) is 19.7 Å². The molecule has 0 saturated heterocycles. The number of carbonyl (C=O) groups excluding carboxylic acids is 1. The highest BCUT2D eigenvalue weighted by molar-refractivity contribution is 9.10. The Morgan fingerprint density at radius 1 is 1.19 bits per heavy atom. The molecule has 0 aliphatic carbocycles. The zero-order valence-electron chi connectivity index (χ0n) is 11.4. The number of methoxy groups -OCH3 is 1. The van der Waals surface area contributed by atoms with Crippen molar-refractivity contribution in [2.75, 3.05) is 13.9 Å². The Bertz CT molecular complexity index is 679. The minimum atomic E-state index is 0.0391. The fourth-order valence-electron chi connectivity index (χ4n) is 2.15. The number of Topliss-reactive ketones (excluding diaryl/α,β-unsaturated/α-hetero) is 1. The first-order chi connectivity index (χ1) is 10.2. The molecular weight excluding hydrogens is 336 g/mol. The number of hydrogen-bond donors (Lipinski definition) is 0. The summed E-state index contributed by atoms with van der Waals surface area (Å²) >= 11 is 3.47. The maximum atomic E-state index is 12.3. The van der Waals surface area contributed by atoms with Gasteiger partial charge >= 0.3 is 0 Å². The van der Waals surface area contributed by atoms with E-state index in [1.807, 2.05) is 12.1 Å². The SMILES string of the molecule is COc1ccc(C(=O)Cc2cc3c(cc2Br)OCO3)cc1. The van der Waals surface area contributed by atoms with Gasteiger partial charge in [-0.05, 0) is 42.0 Å². The molecule has 3 rings (SSSR count). The number of ether oxygens (including phenoxy) is 3. The van der Waals surface area contributed by atoms with E-state index in [0.29, 0.717) is 23.5 Å². The molecule has 0 spiro atoms. The van der Waals surface area contributed by atoms with Gasteiger partial charge in [0.15, 0.2) is 17.3 Å². The fourth-order valence-corrected chi connectivity index (χ4v) is 2.61. The van der Waals surface area contributed by atoms with Crippen LogP contribution in [0.1, 0.15) is 15.9 Å². The summed E-state index contributed by atoms with van der Waals surface area (Å²) in [6.07, 6.45) is 0.295. The average molecular weight is 349 g/mol. The zero-order valence-corrected chi connectivity index (χ0v) is 13.0. The van der Waals surface area contributed by atoms with Gasteiger partial charge in [0.25, 0.3) is 0 Å². The van der Waals surface area contributed by atoms with Crippen molar-refractivity contribution in [1.82, 2.24) is 0 Å². The molecule has 2 aromatic carbocycles. The molecule has 1 aliphatic rings. The van der Waals surface area contributed by atoms with Crippen LogP contribution in [0.15, 0.2) is 40.9 Å². The highest BCUT2D eigenvalue weighted by Gasteiger charge is 2.18. The molecule has 21 heavy (non-hydrogen) atoms. The molecular formula is C16H13BrO4. The molecule has 0 aromatic heterocycles. The molecule has 1 aliphatic heterocycles. The van der Waals surface area contributed by atoms with Crippen LogP contribution < -0.4 is 14.2 Å². The van der Waals surface area contributed by atoms with Crippen molar-refractivity contribution >= 4 is 21.7 Å². The van der Waals surface area contributed by atoms with Gasteiger partial charge < -0.3 is 14.2 Å². The minimum Gasteiger partial charge on any atom is -0.497 e. The van der Waals surface area contributed by atoms with E-state index in [-0.39, 0.29) is 12.6 Å². The van der Waals surface area contributed by atoms with Gasteiger partial charge in [0, 0.05) is 16.5 Å². The molecule has 0 bridgehead atoms. The van der Waals surface area contributed by atoms with Crippen LogP contribution in [0.4, 0.5) is 0 Å². The predicted molar refractivity (Wildman–Crippen MR) is 81.3 cm³/mol. The van der Waals surface area contributed by atoms with Crippen molar-refractivity contribution in [2.24, 2.45) is 0 Å². The van der Waals surface area contributed by atoms with E-state index in [0.717, 1.165) is 15.8 Å². The van der Waals surface area contributed by atoms with Crippen LogP contribution in [0.2, 0.25) is 0 Å². The minimum absolute atomic E-state index is 0.0391. The summed E-state index contributed by atoms with van der Waals surface area (Å²) in [5.41, 5.74) is 1.53. The lowest BCUT2D eigenvalue weighted by Gasteiger charge is -2.07. The van der Waals surface area contributed by atoms with E-state index in [4.69, 9.17) is 14.2 Å². The summed E-state index contributed by atoms with van der Waals surface area (Å²) < 4.78 is 16.6. The van der Waals surface area contributed by atoms with Crippen LogP contribution in [0.25, 0.3) is 0 Å². The Morgan fingerprint density at radius 2 is 1.86 bits per heavy atom. The van der Waals surface area contributed by atoms with Gasteiger partial charge in [0.05, 0.1) is 7.11 Å². The van der Waals surface area contributed by atoms with Gasteiger partial charge in [0.1, 0.15) is 5.75 Å². The Kier molecular flexibility index (Phi) is 3.84. The summed E-state index contributed by atoms with van der Waals surface area (Å²) in [5, 5.41) is 0. The molecule has 108 valence electrons. The molecule has 0 unspecified atom stereocenters. The molecule has 0 radical (unpaired) electrons. The van der Waals surface area contributed by atoms with Crippen LogP contribution in [0.3, 0.4) is 0 Å². The number of hydrogen-bond acceptors (Lipinski definition) is 4. The van der Waals surface area contributed by atoms with Crippen LogP contribution >= 0.6 is 15.9 Å². The number of rotatable bonds is 4. The molecule has 0 atom stereocenters. The van der Waals surface area contributed by atoms with Crippen LogP contribution in [0.5, 0.6) is 17.2 Å². The highest BCUT2D eigenvalue weighted by atomic mass is 79.9. The quantitative estimate of drug-likeness (QED) is 0.791. The van der Waals surface area contributed by atoms with Crippen molar-refractivity contribution < 1.29 is 19.0 Å². The fraction of sp³-hybridized carbons (Fsp3) is 0.188. The van der Waals surface area contributed by atoms with E-state index in [1.165, 1.54) is 0 Å². The molecule has 1 heterocycles. The van der Waals surface area contributed by atoms with Crippen molar-refractivity contribution in [3.63, 3.8) is 0 Å².